The van der Waals surface area contributed by atoms with E-state index >= 15 is 0 Å². The SMILES string of the molecule is C/C([O-])=C/C(=O)CC(C)(C)C.C/C([O-])=C\C(=O)CC(C)(C)C.[Mg+2]. The molecule has 0 spiro atoms. The van der Waals surface area contributed by atoms with Crippen LogP contribution in [0, 0.1) is 10.8 Å². The van der Waals surface area contributed by atoms with Crippen molar-refractivity contribution in [1.29, 1.82) is 0 Å². The molecular weight excluding hydrogens is 304 g/mol. The predicted molar refractivity (Wildman–Crippen MR) is 91.4 cm³/mol. The van der Waals surface area contributed by atoms with Gasteiger partial charge in [-0.1, -0.05) is 55.4 Å². The predicted octanol–water partition coefficient (Wildman–Crippen LogP) is 2.13. The fourth-order valence-electron chi connectivity index (χ4n) is 1.60. The summed E-state index contributed by atoms with van der Waals surface area (Å²) in [5, 5.41) is 20.9. The number of rotatable bonds is 4. The number of allylic oxidation sites excluding steroid dienone is 4. The second-order valence-corrected chi connectivity index (χ2v) is 7.92. The van der Waals surface area contributed by atoms with Gasteiger partial charge in [0.25, 0.3) is 0 Å². The number of carbonyl (C=O) groups is 2. The largest absolute Gasteiger partial charge is 2.00 e. The van der Waals surface area contributed by atoms with Gasteiger partial charge in [-0.2, -0.15) is 0 Å². The average molecular weight is 335 g/mol. The summed E-state index contributed by atoms with van der Waals surface area (Å²) >= 11 is 0. The van der Waals surface area contributed by atoms with Crippen LogP contribution in [0.1, 0.15) is 68.2 Å². The Balaban J connectivity index is -0.000000333. The Hall–Kier alpha value is -0.814. The summed E-state index contributed by atoms with van der Waals surface area (Å²) in [6.45, 7) is 14.6. The van der Waals surface area contributed by atoms with Gasteiger partial charge in [-0.05, 0) is 23.0 Å². The Kier molecular flexibility index (Phi) is 13.7. The topological polar surface area (TPSA) is 80.3 Å². The van der Waals surface area contributed by atoms with E-state index in [2.05, 4.69) is 0 Å². The third-order valence-corrected chi connectivity index (χ3v) is 2.14. The molecule has 0 bridgehead atoms. The van der Waals surface area contributed by atoms with E-state index in [0.717, 1.165) is 12.2 Å². The molecule has 0 aromatic rings. The van der Waals surface area contributed by atoms with Gasteiger partial charge in [0.1, 0.15) is 0 Å². The molecule has 0 aliphatic heterocycles. The third kappa shape index (κ3) is 26.4. The zero-order valence-electron chi connectivity index (χ0n) is 15.9. The summed E-state index contributed by atoms with van der Waals surface area (Å²) in [6.07, 6.45) is 3.19. The molecule has 0 radical (unpaired) electrons. The van der Waals surface area contributed by atoms with E-state index in [4.69, 9.17) is 0 Å². The first-order valence-corrected chi connectivity index (χ1v) is 7.39. The van der Waals surface area contributed by atoms with Crippen molar-refractivity contribution < 1.29 is 19.8 Å². The molecule has 5 heteroatoms. The van der Waals surface area contributed by atoms with Gasteiger partial charge in [-0.15, -0.1) is 11.5 Å². The standard InChI is InChI=1S/2C9H16O2.Mg/c2*1-7(10)5-8(11)6-9(2,3)4;/h2*5,10H,6H2,1-4H3;/q;;+2/p-2/b7-5+;7-5-;. The van der Waals surface area contributed by atoms with Crippen molar-refractivity contribution in [3.8, 4) is 0 Å². The second kappa shape index (κ2) is 11.7. The molecule has 0 N–H and O–H groups in total. The maximum atomic E-state index is 11.0. The zero-order valence-corrected chi connectivity index (χ0v) is 17.3. The van der Waals surface area contributed by atoms with E-state index in [0.29, 0.717) is 12.8 Å². The van der Waals surface area contributed by atoms with Crippen LogP contribution in [0.4, 0.5) is 0 Å². The van der Waals surface area contributed by atoms with Gasteiger partial charge < -0.3 is 10.2 Å². The molecule has 0 aromatic carbocycles. The van der Waals surface area contributed by atoms with Gasteiger partial charge in [-0.3, -0.25) is 9.59 Å². The summed E-state index contributed by atoms with van der Waals surface area (Å²) in [6, 6.07) is 0. The van der Waals surface area contributed by atoms with Crippen molar-refractivity contribution in [3.05, 3.63) is 23.7 Å². The van der Waals surface area contributed by atoms with Crippen molar-refractivity contribution in [2.45, 2.75) is 68.2 Å². The van der Waals surface area contributed by atoms with Crippen LogP contribution >= 0.6 is 0 Å². The Morgan fingerprint density at radius 3 is 1.09 bits per heavy atom. The molecule has 0 aromatic heterocycles. The molecule has 0 heterocycles. The van der Waals surface area contributed by atoms with Crippen molar-refractivity contribution in [3.63, 3.8) is 0 Å². The fourth-order valence-corrected chi connectivity index (χ4v) is 1.60. The molecule has 23 heavy (non-hydrogen) atoms. The number of ketones is 2. The molecule has 128 valence electrons. The Morgan fingerprint density at radius 2 is 0.957 bits per heavy atom. The first-order valence-electron chi connectivity index (χ1n) is 7.39. The molecule has 0 saturated carbocycles. The van der Waals surface area contributed by atoms with E-state index in [1.54, 1.807) is 0 Å². The van der Waals surface area contributed by atoms with Gasteiger partial charge >= 0.3 is 23.1 Å². The Bertz CT molecular complexity index is 385. The summed E-state index contributed by atoms with van der Waals surface area (Å²) in [5.41, 5.74) is -0.0495. The zero-order chi connectivity index (χ0) is 18.1. The van der Waals surface area contributed by atoms with Crippen LogP contribution < -0.4 is 10.2 Å². The molecule has 4 nitrogen and oxygen atoms in total. The quantitative estimate of drug-likeness (QED) is 0.448. The smallest absolute Gasteiger partial charge is 0.876 e. The monoisotopic (exact) mass is 334 g/mol. The van der Waals surface area contributed by atoms with E-state index in [1.165, 1.54) is 13.8 Å². The average Bonchev–Trinajstić information content (AvgIpc) is 2.07. The minimum Gasteiger partial charge on any atom is -0.876 e. The first-order chi connectivity index (χ1) is 9.62. The van der Waals surface area contributed by atoms with E-state index in [1.807, 2.05) is 41.5 Å². The van der Waals surface area contributed by atoms with Crippen LogP contribution in [0.5, 0.6) is 0 Å². The van der Waals surface area contributed by atoms with E-state index in [9.17, 15) is 19.8 Å². The maximum Gasteiger partial charge on any atom is 2.00 e. The molecule has 0 aliphatic rings. The fraction of sp³-hybridized carbons (Fsp3) is 0.667. The second-order valence-electron chi connectivity index (χ2n) is 7.92. The molecule has 0 saturated heterocycles. The minimum atomic E-state index is -0.167. The molecular formula is C18H30MgO4. The van der Waals surface area contributed by atoms with Gasteiger partial charge in [0.15, 0.2) is 11.6 Å². The number of hydrogen-bond acceptors (Lipinski definition) is 4. The van der Waals surface area contributed by atoms with Crippen molar-refractivity contribution >= 4 is 34.6 Å². The van der Waals surface area contributed by atoms with Gasteiger partial charge in [0.2, 0.25) is 0 Å². The van der Waals surface area contributed by atoms with Gasteiger partial charge in [-0.25, -0.2) is 0 Å². The first kappa shape index (κ1) is 27.1. The number of carbonyl (C=O) groups excluding carboxylic acids is 2. The van der Waals surface area contributed by atoms with Gasteiger partial charge in [0, 0.05) is 12.8 Å². The van der Waals surface area contributed by atoms with Crippen molar-refractivity contribution in [2.24, 2.45) is 10.8 Å². The normalized spacial score (nSPS) is 12.7. The van der Waals surface area contributed by atoms with E-state index < -0.39 is 0 Å². The van der Waals surface area contributed by atoms with E-state index in [-0.39, 0.29) is 57.0 Å². The third-order valence-electron chi connectivity index (χ3n) is 2.14. The summed E-state index contributed by atoms with van der Waals surface area (Å²) in [7, 11) is 0. The maximum absolute atomic E-state index is 11.0. The minimum absolute atomic E-state index is 0. The van der Waals surface area contributed by atoms with Crippen LogP contribution in [-0.4, -0.2) is 34.6 Å². The Labute approximate surface area is 157 Å². The van der Waals surface area contributed by atoms with Crippen LogP contribution in [0.25, 0.3) is 0 Å². The molecule has 0 rings (SSSR count). The summed E-state index contributed by atoms with van der Waals surface area (Å²) < 4.78 is 0. The number of hydrogen-bond donors (Lipinski definition) is 0. The molecule has 0 aliphatic carbocycles. The van der Waals surface area contributed by atoms with Crippen LogP contribution in [0.3, 0.4) is 0 Å². The Morgan fingerprint density at radius 1 is 0.739 bits per heavy atom. The summed E-state index contributed by atoms with van der Waals surface area (Å²) in [4.78, 5) is 22.0. The van der Waals surface area contributed by atoms with Crippen molar-refractivity contribution in [1.82, 2.24) is 0 Å². The van der Waals surface area contributed by atoms with Crippen molar-refractivity contribution in [2.75, 3.05) is 0 Å². The summed E-state index contributed by atoms with van der Waals surface area (Å²) in [5.74, 6) is -0.492. The molecule has 0 atom stereocenters. The molecule has 0 unspecified atom stereocenters. The molecule has 0 amide bonds. The van der Waals surface area contributed by atoms with Gasteiger partial charge in [0.05, 0.1) is 0 Å². The molecule has 0 fully saturated rings. The van der Waals surface area contributed by atoms with Crippen LogP contribution in [-0.2, 0) is 9.59 Å². The van der Waals surface area contributed by atoms with Crippen LogP contribution in [0.15, 0.2) is 23.7 Å². The van der Waals surface area contributed by atoms with Crippen LogP contribution in [0.2, 0.25) is 0 Å².